The van der Waals surface area contributed by atoms with Crippen molar-refractivity contribution in [3.05, 3.63) is 35.9 Å². The van der Waals surface area contributed by atoms with Crippen LogP contribution in [-0.4, -0.2) is 19.8 Å². The molecule has 15 heavy (non-hydrogen) atoms. The molecule has 1 rings (SSSR count). The van der Waals surface area contributed by atoms with Crippen molar-refractivity contribution in [2.24, 2.45) is 0 Å². The molecule has 0 aliphatic carbocycles. The van der Waals surface area contributed by atoms with Crippen molar-refractivity contribution in [3.8, 4) is 0 Å². The molecule has 0 heterocycles. The van der Waals surface area contributed by atoms with Gasteiger partial charge < -0.3 is 10.1 Å². The van der Waals surface area contributed by atoms with Crippen molar-refractivity contribution in [2.45, 2.75) is 32.4 Å². The van der Waals surface area contributed by atoms with Crippen LogP contribution in [-0.2, 0) is 4.74 Å². The van der Waals surface area contributed by atoms with Gasteiger partial charge in [0, 0.05) is 19.2 Å². The number of hydrogen-bond acceptors (Lipinski definition) is 2. The number of rotatable bonds is 6. The molecule has 0 spiro atoms. The monoisotopic (exact) mass is 207 g/mol. The first-order valence-corrected chi connectivity index (χ1v) is 5.57. The molecule has 0 saturated heterocycles. The smallest absolute Gasteiger partial charge is 0.0613 e. The maximum atomic E-state index is 5.12. The van der Waals surface area contributed by atoms with Crippen LogP contribution in [0.4, 0.5) is 0 Å². The van der Waals surface area contributed by atoms with E-state index in [1.165, 1.54) is 5.56 Å². The van der Waals surface area contributed by atoms with Crippen molar-refractivity contribution in [2.75, 3.05) is 13.7 Å². The Morgan fingerprint density at radius 1 is 1.27 bits per heavy atom. The fourth-order valence-electron chi connectivity index (χ4n) is 1.78. The fourth-order valence-corrected chi connectivity index (χ4v) is 1.78. The maximum Gasteiger partial charge on any atom is 0.0613 e. The number of methoxy groups -OCH3 is 1. The Labute approximate surface area is 92.6 Å². The summed E-state index contributed by atoms with van der Waals surface area (Å²) in [4.78, 5) is 0. The lowest BCUT2D eigenvalue weighted by molar-refractivity contribution is 0.166. The van der Waals surface area contributed by atoms with Crippen molar-refractivity contribution < 1.29 is 4.74 Å². The predicted molar refractivity (Wildman–Crippen MR) is 63.9 cm³/mol. The van der Waals surface area contributed by atoms with E-state index in [4.69, 9.17) is 4.74 Å². The van der Waals surface area contributed by atoms with Gasteiger partial charge in [0.2, 0.25) is 0 Å². The van der Waals surface area contributed by atoms with Crippen LogP contribution in [0, 0.1) is 0 Å². The third-order valence-electron chi connectivity index (χ3n) is 2.51. The molecule has 0 amide bonds. The Morgan fingerprint density at radius 2 is 1.93 bits per heavy atom. The zero-order valence-corrected chi connectivity index (χ0v) is 9.86. The standard InChI is InChI=1S/C13H21NO/c1-4-13(14-11(2)10-15-3)12-8-6-5-7-9-12/h5-9,11,13-14H,4,10H2,1-3H3/t11-,13+/m1/s1. The van der Waals surface area contributed by atoms with Crippen LogP contribution in [0.5, 0.6) is 0 Å². The van der Waals surface area contributed by atoms with E-state index in [1.54, 1.807) is 7.11 Å². The summed E-state index contributed by atoms with van der Waals surface area (Å²) in [6.07, 6.45) is 1.10. The van der Waals surface area contributed by atoms with Gasteiger partial charge in [-0.3, -0.25) is 0 Å². The van der Waals surface area contributed by atoms with Crippen LogP contribution in [0.2, 0.25) is 0 Å². The van der Waals surface area contributed by atoms with Gasteiger partial charge in [-0.2, -0.15) is 0 Å². The molecule has 0 aliphatic rings. The second-order valence-corrected chi connectivity index (χ2v) is 3.89. The molecule has 2 atom stereocenters. The van der Waals surface area contributed by atoms with E-state index >= 15 is 0 Å². The van der Waals surface area contributed by atoms with E-state index in [1.807, 2.05) is 0 Å². The van der Waals surface area contributed by atoms with Crippen LogP contribution in [0.3, 0.4) is 0 Å². The van der Waals surface area contributed by atoms with Crippen LogP contribution in [0.15, 0.2) is 30.3 Å². The third-order valence-corrected chi connectivity index (χ3v) is 2.51. The Kier molecular flexibility index (Phi) is 5.37. The Morgan fingerprint density at radius 3 is 2.47 bits per heavy atom. The quantitative estimate of drug-likeness (QED) is 0.774. The fraction of sp³-hybridized carbons (Fsp3) is 0.538. The summed E-state index contributed by atoms with van der Waals surface area (Å²) < 4.78 is 5.12. The molecular formula is C13H21NO. The summed E-state index contributed by atoms with van der Waals surface area (Å²) in [7, 11) is 1.74. The lowest BCUT2D eigenvalue weighted by Crippen LogP contribution is -2.33. The van der Waals surface area contributed by atoms with Crippen molar-refractivity contribution in [3.63, 3.8) is 0 Å². The summed E-state index contributed by atoms with van der Waals surface area (Å²) in [5.41, 5.74) is 1.35. The predicted octanol–water partition coefficient (Wildman–Crippen LogP) is 2.76. The van der Waals surface area contributed by atoms with Crippen LogP contribution < -0.4 is 5.32 Å². The highest BCUT2D eigenvalue weighted by Crippen LogP contribution is 2.16. The maximum absolute atomic E-state index is 5.12. The van der Waals surface area contributed by atoms with Gasteiger partial charge in [-0.15, -0.1) is 0 Å². The highest BCUT2D eigenvalue weighted by Gasteiger charge is 2.11. The molecule has 0 bridgehead atoms. The molecule has 2 nitrogen and oxygen atoms in total. The van der Waals surface area contributed by atoms with Gasteiger partial charge in [0.15, 0.2) is 0 Å². The zero-order valence-electron chi connectivity index (χ0n) is 9.86. The Hall–Kier alpha value is -0.860. The molecule has 1 N–H and O–H groups in total. The molecule has 1 aromatic rings. The molecule has 1 aromatic carbocycles. The van der Waals surface area contributed by atoms with Gasteiger partial charge in [0.05, 0.1) is 6.61 Å². The van der Waals surface area contributed by atoms with E-state index < -0.39 is 0 Å². The van der Waals surface area contributed by atoms with Gasteiger partial charge in [-0.1, -0.05) is 37.3 Å². The molecule has 0 aromatic heterocycles. The summed E-state index contributed by atoms with van der Waals surface area (Å²) >= 11 is 0. The van der Waals surface area contributed by atoms with Gasteiger partial charge in [0.1, 0.15) is 0 Å². The van der Waals surface area contributed by atoms with Crippen molar-refractivity contribution in [1.82, 2.24) is 5.32 Å². The zero-order chi connectivity index (χ0) is 11.1. The van der Waals surface area contributed by atoms with Gasteiger partial charge in [0.25, 0.3) is 0 Å². The summed E-state index contributed by atoms with van der Waals surface area (Å²) in [5, 5.41) is 3.56. The van der Waals surface area contributed by atoms with E-state index in [-0.39, 0.29) is 0 Å². The molecule has 0 fully saturated rings. The third kappa shape index (κ3) is 4.02. The molecule has 0 aliphatic heterocycles. The summed E-state index contributed by atoms with van der Waals surface area (Å²) in [5.74, 6) is 0. The van der Waals surface area contributed by atoms with Crippen molar-refractivity contribution in [1.29, 1.82) is 0 Å². The van der Waals surface area contributed by atoms with Gasteiger partial charge in [-0.05, 0) is 18.9 Å². The SMILES string of the molecule is CC[C@H](N[C@H](C)COC)c1ccccc1. The highest BCUT2D eigenvalue weighted by atomic mass is 16.5. The molecule has 84 valence electrons. The minimum atomic E-state index is 0.389. The van der Waals surface area contributed by atoms with E-state index in [9.17, 15) is 0 Å². The second-order valence-electron chi connectivity index (χ2n) is 3.89. The number of hydrogen-bond donors (Lipinski definition) is 1. The first kappa shape index (κ1) is 12.2. The van der Waals surface area contributed by atoms with Crippen LogP contribution >= 0.6 is 0 Å². The van der Waals surface area contributed by atoms with Crippen molar-refractivity contribution >= 4 is 0 Å². The highest BCUT2D eigenvalue weighted by molar-refractivity contribution is 5.18. The minimum Gasteiger partial charge on any atom is -0.383 e. The van der Waals surface area contributed by atoms with E-state index in [0.717, 1.165) is 13.0 Å². The normalized spacial score (nSPS) is 14.9. The second kappa shape index (κ2) is 6.59. The van der Waals surface area contributed by atoms with E-state index in [0.29, 0.717) is 12.1 Å². The van der Waals surface area contributed by atoms with Crippen LogP contribution in [0.1, 0.15) is 31.9 Å². The average Bonchev–Trinajstić information content (AvgIpc) is 2.27. The minimum absolute atomic E-state index is 0.389. The molecule has 2 heteroatoms. The molecule has 0 radical (unpaired) electrons. The molecular weight excluding hydrogens is 186 g/mol. The largest absolute Gasteiger partial charge is 0.383 e. The number of nitrogens with one attached hydrogen (secondary N) is 1. The molecule has 0 saturated carbocycles. The first-order valence-electron chi connectivity index (χ1n) is 5.57. The average molecular weight is 207 g/mol. The van der Waals surface area contributed by atoms with Gasteiger partial charge >= 0.3 is 0 Å². The Balaban J connectivity index is 2.56. The summed E-state index contributed by atoms with van der Waals surface area (Å²) in [6, 6.07) is 11.4. The Bertz CT molecular complexity index is 260. The summed E-state index contributed by atoms with van der Waals surface area (Å²) in [6.45, 7) is 5.10. The van der Waals surface area contributed by atoms with Gasteiger partial charge in [-0.25, -0.2) is 0 Å². The first-order chi connectivity index (χ1) is 7.27. The number of ether oxygens (including phenoxy) is 1. The lowest BCUT2D eigenvalue weighted by Gasteiger charge is -2.22. The topological polar surface area (TPSA) is 21.3 Å². The lowest BCUT2D eigenvalue weighted by atomic mass is 10.0. The molecule has 0 unspecified atom stereocenters. The van der Waals surface area contributed by atoms with Crippen LogP contribution in [0.25, 0.3) is 0 Å². The van der Waals surface area contributed by atoms with E-state index in [2.05, 4.69) is 49.5 Å². The number of benzene rings is 1.